The molecular formula is C19H35FN2O3. The van der Waals surface area contributed by atoms with Crippen molar-refractivity contribution in [1.29, 1.82) is 0 Å². The van der Waals surface area contributed by atoms with E-state index in [1.54, 1.807) is 12.1 Å². The number of hydrogen-bond acceptors (Lipinski definition) is 3. The van der Waals surface area contributed by atoms with E-state index < -0.39 is 23.9 Å². The number of carbonyl (C=O) groups excluding carboxylic acids is 2. The lowest BCUT2D eigenvalue weighted by molar-refractivity contribution is -0.117. The molecule has 0 fully saturated rings. The van der Waals surface area contributed by atoms with Crippen molar-refractivity contribution in [2.24, 2.45) is 0 Å². The minimum absolute atomic E-state index is 0.147. The van der Waals surface area contributed by atoms with E-state index in [0.29, 0.717) is 12.0 Å². The van der Waals surface area contributed by atoms with Crippen LogP contribution in [-0.4, -0.2) is 25.2 Å². The van der Waals surface area contributed by atoms with Crippen LogP contribution in [-0.2, 0) is 16.0 Å². The average Bonchev–Trinajstić information content (AvgIpc) is 2.67. The maximum absolute atomic E-state index is 13.7. The van der Waals surface area contributed by atoms with E-state index in [9.17, 15) is 14.0 Å². The van der Waals surface area contributed by atoms with Crippen molar-refractivity contribution < 1.29 is 18.7 Å². The second-order valence-electron chi connectivity index (χ2n) is 3.97. The van der Waals surface area contributed by atoms with Crippen LogP contribution in [0.5, 0.6) is 0 Å². The van der Waals surface area contributed by atoms with Gasteiger partial charge >= 0.3 is 6.09 Å². The highest BCUT2D eigenvalue weighted by Crippen LogP contribution is 2.20. The third-order valence-corrected chi connectivity index (χ3v) is 2.64. The second-order valence-corrected chi connectivity index (χ2v) is 3.97. The summed E-state index contributed by atoms with van der Waals surface area (Å²) in [6.45, 7) is 15.3. The first-order valence-corrected chi connectivity index (χ1v) is 8.92. The van der Waals surface area contributed by atoms with E-state index in [1.165, 1.54) is 20.1 Å². The molecule has 1 atom stereocenters. The highest BCUT2D eigenvalue weighted by Gasteiger charge is 2.18. The second kappa shape index (κ2) is 18.2. The molecule has 1 aromatic rings. The van der Waals surface area contributed by atoms with Crippen LogP contribution in [0.1, 0.15) is 61.0 Å². The largest absolute Gasteiger partial charge is 0.453 e. The van der Waals surface area contributed by atoms with Crippen LogP contribution in [0.3, 0.4) is 0 Å². The molecule has 1 rings (SSSR count). The summed E-state index contributed by atoms with van der Waals surface area (Å²) in [6.07, 6.45) is -0.126. The van der Waals surface area contributed by atoms with E-state index in [1.807, 2.05) is 48.5 Å². The summed E-state index contributed by atoms with van der Waals surface area (Å²) in [7, 11) is 1.20. The number of para-hydroxylation sites is 1. The number of nitrogens with one attached hydrogen (secondary N) is 2. The first-order chi connectivity index (χ1) is 12.0. The monoisotopic (exact) mass is 358 g/mol. The molecule has 0 bridgehead atoms. The molecule has 0 spiro atoms. The van der Waals surface area contributed by atoms with Gasteiger partial charge < -0.3 is 15.4 Å². The van der Waals surface area contributed by atoms with Gasteiger partial charge in [-0.25, -0.2) is 9.18 Å². The smallest absolute Gasteiger partial charge is 0.407 e. The lowest BCUT2D eigenvalue weighted by Gasteiger charge is -2.15. The normalized spacial score (nSPS) is 9.52. The Morgan fingerprint density at radius 3 is 2.08 bits per heavy atom. The van der Waals surface area contributed by atoms with E-state index in [0.717, 1.165) is 0 Å². The molecule has 0 heterocycles. The molecule has 0 unspecified atom stereocenters. The number of anilines is 1. The fraction of sp³-hybridized carbons (Fsp3) is 0.579. The zero-order valence-electron chi connectivity index (χ0n) is 17.1. The van der Waals surface area contributed by atoms with Gasteiger partial charge in [0.15, 0.2) is 0 Å². The first kappa shape index (κ1) is 27.7. The molecular weight excluding hydrogens is 323 g/mol. The highest BCUT2D eigenvalue weighted by atomic mass is 19.1. The third-order valence-electron chi connectivity index (χ3n) is 2.64. The fourth-order valence-electron chi connectivity index (χ4n) is 1.54. The average molecular weight is 358 g/mol. The van der Waals surface area contributed by atoms with Crippen molar-refractivity contribution in [3.8, 4) is 0 Å². The molecule has 0 saturated heterocycles. The summed E-state index contributed by atoms with van der Waals surface area (Å²) in [4.78, 5) is 22.8. The highest BCUT2D eigenvalue weighted by molar-refractivity contribution is 5.96. The molecule has 0 aliphatic heterocycles. The number of methoxy groups -OCH3 is 1. The molecule has 2 N–H and O–H groups in total. The van der Waals surface area contributed by atoms with Gasteiger partial charge in [-0.2, -0.15) is 0 Å². The Morgan fingerprint density at radius 1 is 1.12 bits per heavy atom. The quantitative estimate of drug-likeness (QED) is 0.782. The SMILES string of the molecule is CC.CC.CC.CCc1cccc(F)c1NC(=O)[C@H](C)NC(=O)OC. The van der Waals surface area contributed by atoms with Gasteiger partial charge in [0.2, 0.25) is 5.91 Å². The Balaban J connectivity index is -0.000000725. The van der Waals surface area contributed by atoms with Crippen LogP contribution in [0.4, 0.5) is 14.9 Å². The number of alkyl carbamates (subject to hydrolysis) is 1. The molecule has 6 heteroatoms. The zero-order valence-corrected chi connectivity index (χ0v) is 17.1. The topological polar surface area (TPSA) is 67.4 Å². The van der Waals surface area contributed by atoms with Gasteiger partial charge in [-0.05, 0) is 25.0 Å². The van der Waals surface area contributed by atoms with E-state index in [4.69, 9.17) is 0 Å². The number of hydrogen-bond donors (Lipinski definition) is 2. The molecule has 0 radical (unpaired) electrons. The standard InChI is InChI=1S/C13H17FN2O3.3C2H6/c1-4-9-6-5-7-10(14)11(9)16-12(17)8(2)15-13(18)19-3;3*1-2/h5-8H,4H2,1-3H3,(H,15,18)(H,16,17);3*1-2H3/t8-;;;/m0.../s1. The van der Waals surface area contributed by atoms with Gasteiger partial charge in [-0.1, -0.05) is 60.6 Å². The summed E-state index contributed by atoms with van der Waals surface area (Å²) in [5.74, 6) is -1.01. The van der Waals surface area contributed by atoms with E-state index >= 15 is 0 Å². The first-order valence-electron chi connectivity index (χ1n) is 8.92. The van der Waals surface area contributed by atoms with E-state index in [2.05, 4.69) is 15.4 Å². The molecule has 5 nitrogen and oxygen atoms in total. The molecule has 0 aromatic heterocycles. The van der Waals surface area contributed by atoms with Crippen molar-refractivity contribution >= 4 is 17.7 Å². The molecule has 25 heavy (non-hydrogen) atoms. The molecule has 1 aromatic carbocycles. The van der Waals surface area contributed by atoms with Gasteiger partial charge in [-0.3, -0.25) is 4.79 Å². The minimum Gasteiger partial charge on any atom is -0.453 e. The van der Waals surface area contributed by atoms with Crippen LogP contribution >= 0.6 is 0 Å². The number of carbonyl (C=O) groups is 2. The summed E-state index contributed by atoms with van der Waals surface area (Å²) in [6, 6.07) is 3.77. The van der Waals surface area contributed by atoms with Crippen LogP contribution in [0.15, 0.2) is 18.2 Å². The van der Waals surface area contributed by atoms with Gasteiger partial charge in [0.25, 0.3) is 0 Å². The summed E-state index contributed by atoms with van der Waals surface area (Å²) >= 11 is 0. The van der Waals surface area contributed by atoms with Crippen molar-refractivity contribution in [2.45, 2.75) is 67.9 Å². The Morgan fingerprint density at radius 2 is 1.64 bits per heavy atom. The summed E-state index contributed by atoms with van der Waals surface area (Å²) in [5, 5.41) is 4.79. The Bertz CT molecular complexity index is 480. The summed E-state index contributed by atoms with van der Waals surface area (Å²) in [5.41, 5.74) is 0.840. The van der Waals surface area contributed by atoms with Crippen LogP contribution in [0.2, 0.25) is 0 Å². The number of benzene rings is 1. The van der Waals surface area contributed by atoms with Crippen molar-refractivity contribution in [2.75, 3.05) is 12.4 Å². The fourth-order valence-corrected chi connectivity index (χ4v) is 1.54. The lowest BCUT2D eigenvalue weighted by Crippen LogP contribution is -2.41. The molecule has 0 saturated carbocycles. The maximum Gasteiger partial charge on any atom is 0.407 e. The van der Waals surface area contributed by atoms with Gasteiger partial charge in [0, 0.05) is 0 Å². The molecule has 2 amide bonds. The van der Waals surface area contributed by atoms with Gasteiger partial charge in [0.1, 0.15) is 11.9 Å². The van der Waals surface area contributed by atoms with Gasteiger partial charge in [-0.15, -0.1) is 0 Å². The predicted molar refractivity (Wildman–Crippen MR) is 103 cm³/mol. The molecule has 0 aliphatic rings. The van der Waals surface area contributed by atoms with Crippen molar-refractivity contribution in [1.82, 2.24) is 5.32 Å². The van der Waals surface area contributed by atoms with Crippen LogP contribution in [0, 0.1) is 5.82 Å². The van der Waals surface area contributed by atoms with Crippen LogP contribution in [0.25, 0.3) is 0 Å². The van der Waals surface area contributed by atoms with Crippen molar-refractivity contribution in [3.05, 3.63) is 29.6 Å². The maximum atomic E-state index is 13.7. The predicted octanol–water partition coefficient (Wildman–Crippen LogP) is 5.15. The Hall–Kier alpha value is -2.11. The Kier molecular flexibility index (Phi) is 20.2. The number of amides is 2. The van der Waals surface area contributed by atoms with E-state index in [-0.39, 0.29) is 5.69 Å². The number of ether oxygens (including phenoxy) is 1. The molecule has 146 valence electrons. The zero-order chi connectivity index (χ0) is 20.4. The van der Waals surface area contributed by atoms with Gasteiger partial charge in [0.05, 0.1) is 12.8 Å². The number of aryl methyl sites for hydroxylation is 1. The van der Waals surface area contributed by atoms with Crippen molar-refractivity contribution in [3.63, 3.8) is 0 Å². The number of rotatable bonds is 4. The lowest BCUT2D eigenvalue weighted by atomic mass is 10.1. The number of halogens is 1. The summed E-state index contributed by atoms with van der Waals surface area (Å²) < 4.78 is 18.0. The van der Waals surface area contributed by atoms with Crippen LogP contribution < -0.4 is 10.6 Å². The third kappa shape index (κ3) is 11.1. The Labute approximate surface area is 152 Å². The minimum atomic E-state index is -0.822. The molecule has 0 aliphatic carbocycles.